The lowest BCUT2D eigenvalue weighted by atomic mass is 10.3. The van der Waals surface area contributed by atoms with E-state index in [4.69, 9.17) is 22.1 Å². The molecule has 1 aromatic rings. The van der Waals surface area contributed by atoms with Crippen molar-refractivity contribution in [2.24, 2.45) is 5.73 Å². The van der Waals surface area contributed by atoms with Gasteiger partial charge in [0.2, 0.25) is 6.10 Å². The second-order valence-corrected chi connectivity index (χ2v) is 4.25. The maximum atomic E-state index is 12.4. The Morgan fingerprint density at radius 3 is 2.50 bits per heavy atom. The average Bonchev–Trinajstić information content (AvgIpc) is 2.14. The van der Waals surface area contributed by atoms with Crippen LogP contribution in [0.3, 0.4) is 0 Å². The molecular weight excluding hydrogens is 310 g/mol. The third-order valence-corrected chi connectivity index (χ3v) is 2.60. The highest BCUT2D eigenvalue weighted by Gasteiger charge is 2.41. The molecule has 0 saturated heterocycles. The van der Waals surface area contributed by atoms with Crippen molar-refractivity contribution in [3.63, 3.8) is 0 Å². The minimum absolute atomic E-state index is 0.0529. The summed E-state index contributed by atoms with van der Waals surface area (Å²) in [6.07, 6.45) is -6.52. The van der Waals surface area contributed by atoms with Crippen LogP contribution in [0, 0.1) is 0 Å². The highest BCUT2D eigenvalue weighted by Crippen LogP contribution is 2.31. The van der Waals surface area contributed by atoms with Crippen LogP contribution in [0.1, 0.15) is 0 Å². The summed E-state index contributed by atoms with van der Waals surface area (Å²) < 4.78 is 42.2. The second kappa shape index (κ2) is 5.25. The summed E-state index contributed by atoms with van der Waals surface area (Å²) in [7, 11) is 0. The summed E-state index contributed by atoms with van der Waals surface area (Å²) in [5.41, 5.74) is 5.00. The Kier molecular flexibility index (Phi) is 4.46. The largest absolute Gasteiger partial charge is 0.478 e. The van der Waals surface area contributed by atoms with Crippen LogP contribution in [-0.2, 0) is 0 Å². The molecule has 0 aliphatic carbocycles. The average molecular weight is 319 g/mol. The van der Waals surface area contributed by atoms with E-state index in [1.807, 2.05) is 0 Å². The quantitative estimate of drug-likeness (QED) is 0.927. The molecule has 0 aliphatic rings. The number of hydrogen-bond donors (Lipinski definition) is 1. The first-order valence-corrected chi connectivity index (χ1v) is 5.40. The number of nitrogens with two attached hydrogens (primary N) is 1. The van der Waals surface area contributed by atoms with Gasteiger partial charge < -0.3 is 10.5 Å². The van der Waals surface area contributed by atoms with Gasteiger partial charge in [-0.3, -0.25) is 0 Å². The van der Waals surface area contributed by atoms with Gasteiger partial charge in [0.15, 0.2) is 0 Å². The number of alkyl halides is 3. The van der Waals surface area contributed by atoms with Crippen molar-refractivity contribution in [2.45, 2.75) is 12.3 Å². The Morgan fingerprint density at radius 1 is 1.44 bits per heavy atom. The highest BCUT2D eigenvalue weighted by molar-refractivity contribution is 9.10. The van der Waals surface area contributed by atoms with Crippen LogP contribution in [0.5, 0.6) is 5.75 Å². The fraction of sp³-hybridized carbons (Fsp3) is 0.333. The molecule has 1 aromatic carbocycles. The molecule has 7 heteroatoms. The monoisotopic (exact) mass is 317 g/mol. The molecule has 0 amide bonds. The zero-order valence-electron chi connectivity index (χ0n) is 7.89. The van der Waals surface area contributed by atoms with E-state index in [0.717, 1.165) is 0 Å². The van der Waals surface area contributed by atoms with Gasteiger partial charge in [0, 0.05) is 11.6 Å². The van der Waals surface area contributed by atoms with Crippen LogP contribution in [0.25, 0.3) is 0 Å². The Labute approximate surface area is 104 Å². The van der Waals surface area contributed by atoms with Gasteiger partial charge in [0.05, 0.1) is 4.47 Å². The van der Waals surface area contributed by atoms with Gasteiger partial charge in [-0.2, -0.15) is 13.2 Å². The fourth-order valence-electron chi connectivity index (χ4n) is 0.973. The summed E-state index contributed by atoms with van der Waals surface area (Å²) in [5.74, 6) is 0.0529. The van der Waals surface area contributed by atoms with Crippen molar-refractivity contribution in [1.82, 2.24) is 0 Å². The van der Waals surface area contributed by atoms with E-state index < -0.39 is 18.8 Å². The molecule has 0 fully saturated rings. The van der Waals surface area contributed by atoms with E-state index in [2.05, 4.69) is 15.9 Å². The van der Waals surface area contributed by atoms with Crippen LogP contribution < -0.4 is 10.5 Å². The molecule has 0 aromatic heterocycles. The van der Waals surface area contributed by atoms with E-state index in [0.29, 0.717) is 9.50 Å². The van der Waals surface area contributed by atoms with Crippen molar-refractivity contribution in [1.29, 1.82) is 0 Å². The lowest BCUT2D eigenvalue weighted by molar-refractivity contribution is -0.191. The second-order valence-electron chi connectivity index (χ2n) is 2.96. The summed E-state index contributed by atoms with van der Waals surface area (Å²) >= 11 is 8.70. The summed E-state index contributed by atoms with van der Waals surface area (Å²) in [4.78, 5) is 0. The van der Waals surface area contributed by atoms with E-state index in [1.54, 1.807) is 0 Å². The number of rotatable bonds is 3. The Bertz CT molecular complexity index is 372. The smallest absolute Gasteiger partial charge is 0.426 e. The van der Waals surface area contributed by atoms with Crippen LogP contribution in [0.4, 0.5) is 13.2 Å². The van der Waals surface area contributed by atoms with Gasteiger partial charge in [-0.25, -0.2) is 0 Å². The number of ether oxygens (including phenoxy) is 1. The molecule has 90 valence electrons. The molecule has 16 heavy (non-hydrogen) atoms. The summed E-state index contributed by atoms with van der Waals surface area (Å²) in [6.45, 7) is -0.640. The molecule has 0 saturated carbocycles. The molecule has 0 spiro atoms. The number of hydrogen-bond acceptors (Lipinski definition) is 2. The zero-order valence-corrected chi connectivity index (χ0v) is 10.2. The van der Waals surface area contributed by atoms with Crippen LogP contribution in [0.15, 0.2) is 22.7 Å². The first-order valence-electron chi connectivity index (χ1n) is 4.23. The molecule has 1 unspecified atom stereocenters. The predicted molar refractivity (Wildman–Crippen MR) is 58.7 cm³/mol. The SMILES string of the molecule is NCC(Oc1ccc(Cl)cc1Br)C(F)(F)F. The topological polar surface area (TPSA) is 35.2 Å². The first kappa shape index (κ1) is 13.6. The van der Waals surface area contributed by atoms with Crippen LogP contribution >= 0.6 is 27.5 Å². The third-order valence-electron chi connectivity index (χ3n) is 1.74. The van der Waals surface area contributed by atoms with Crippen molar-refractivity contribution >= 4 is 27.5 Å². The van der Waals surface area contributed by atoms with Crippen LogP contribution in [-0.4, -0.2) is 18.8 Å². The number of benzene rings is 1. The lowest BCUT2D eigenvalue weighted by Gasteiger charge is -2.20. The first-order chi connectivity index (χ1) is 7.34. The maximum absolute atomic E-state index is 12.4. The van der Waals surface area contributed by atoms with Gasteiger partial charge in [-0.1, -0.05) is 11.6 Å². The molecule has 1 rings (SSSR count). The summed E-state index contributed by atoms with van der Waals surface area (Å²) in [5, 5.41) is 0.399. The predicted octanol–water partition coefficient (Wildman–Crippen LogP) is 3.37. The molecule has 0 aliphatic heterocycles. The minimum atomic E-state index is -4.49. The van der Waals surface area contributed by atoms with Crippen LogP contribution in [0.2, 0.25) is 5.02 Å². The fourth-order valence-corrected chi connectivity index (χ4v) is 1.75. The molecule has 0 radical (unpaired) electrons. The number of halogens is 5. The Morgan fingerprint density at radius 2 is 2.06 bits per heavy atom. The lowest BCUT2D eigenvalue weighted by Crippen LogP contribution is -2.40. The van der Waals surface area contributed by atoms with E-state index in [1.165, 1.54) is 18.2 Å². The third kappa shape index (κ3) is 3.54. The van der Waals surface area contributed by atoms with Gasteiger partial charge in [0.1, 0.15) is 5.75 Å². The van der Waals surface area contributed by atoms with Gasteiger partial charge in [-0.05, 0) is 34.1 Å². The Balaban J connectivity index is 2.86. The molecule has 1 atom stereocenters. The van der Waals surface area contributed by atoms with E-state index in [9.17, 15) is 13.2 Å². The molecular formula is C9H8BrClF3NO. The highest BCUT2D eigenvalue weighted by atomic mass is 79.9. The zero-order chi connectivity index (χ0) is 12.3. The van der Waals surface area contributed by atoms with Gasteiger partial charge >= 0.3 is 6.18 Å². The molecule has 2 N–H and O–H groups in total. The standard InChI is InChI=1S/C9H8BrClF3NO/c10-6-3-5(11)1-2-7(6)16-8(4-15)9(12,13)14/h1-3,8H,4,15H2. The molecule has 0 bridgehead atoms. The molecule has 0 heterocycles. The maximum Gasteiger partial charge on any atom is 0.426 e. The molecule has 2 nitrogen and oxygen atoms in total. The van der Waals surface area contributed by atoms with Crippen molar-refractivity contribution in [3.05, 3.63) is 27.7 Å². The van der Waals surface area contributed by atoms with Crippen molar-refractivity contribution in [2.75, 3.05) is 6.54 Å². The Hall–Kier alpha value is -0.460. The van der Waals surface area contributed by atoms with E-state index >= 15 is 0 Å². The summed E-state index contributed by atoms with van der Waals surface area (Å²) in [6, 6.07) is 4.23. The van der Waals surface area contributed by atoms with Gasteiger partial charge in [-0.15, -0.1) is 0 Å². The van der Waals surface area contributed by atoms with Crippen molar-refractivity contribution in [3.8, 4) is 5.75 Å². The normalized spacial score (nSPS) is 13.6. The van der Waals surface area contributed by atoms with E-state index in [-0.39, 0.29) is 5.75 Å². The minimum Gasteiger partial charge on any atom is -0.478 e. The van der Waals surface area contributed by atoms with Gasteiger partial charge in [0.25, 0.3) is 0 Å². The van der Waals surface area contributed by atoms with Crippen molar-refractivity contribution < 1.29 is 17.9 Å².